The van der Waals surface area contributed by atoms with Crippen LogP contribution in [-0.2, 0) is 7.05 Å². The molecule has 5 rings (SSSR count). The molecule has 1 saturated carbocycles. The summed E-state index contributed by atoms with van der Waals surface area (Å²) in [6.45, 7) is 9.57. The maximum atomic E-state index is 13.1. The summed E-state index contributed by atoms with van der Waals surface area (Å²) in [5, 5.41) is 23.3. The van der Waals surface area contributed by atoms with E-state index >= 15 is 0 Å². The second kappa shape index (κ2) is 8.39. The molecule has 0 unspecified atom stereocenters. The lowest BCUT2D eigenvalue weighted by atomic mass is 10.1. The van der Waals surface area contributed by atoms with Gasteiger partial charge in [-0.15, -0.1) is 0 Å². The van der Waals surface area contributed by atoms with Gasteiger partial charge in [0.05, 0.1) is 11.1 Å². The number of fused-ring (bicyclic) bond motifs is 1. The van der Waals surface area contributed by atoms with Gasteiger partial charge in [0.1, 0.15) is 28.4 Å². The number of H-pyrrole nitrogens is 1. The number of ether oxygens (including phenoxy) is 1. The molecule has 9 heteroatoms. The van der Waals surface area contributed by atoms with E-state index in [0.29, 0.717) is 30.2 Å². The highest BCUT2D eigenvalue weighted by Crippen LogP contribution is 2.40. The van der Waals surface area contributed by atoms with Gasteiger partial charge in [0, 0.05) is 45.2 Å². The average Bonchev–Trinajstić information content (AvgIpc) is 3.41. The molecule has 1 aliphatic carbocycles. The molecule has 1 saturated heterocycles. The SMILES string of the molecule is Cn1nc(-c2n[nH]c3ccc(OC4(C)CC4)cc23)cc(N2CCCN(CC(C)(C)O)CC2)c1=O. The first-order chi connectivity index (χ1) is 16.1. The van der Waals surface area contributed by atoms with Gasteiger partial charge >= 0.3 is 0 Å². The molecule has 0 spiro atoms. The van der Waals surface area contributed by atoms with Gasteiger partial charge in [0.2, 0.25) is 0 Å². The third-order valence-electron chi connectivity index (χ3n) is 6.68. The predicted octanol–water partition coefficient (Wildman–Crippen LogP) is 2.54. The number of benzene rings is 1. The van der Waals surface area contributed by atoms with Crippen LogP contribution in [0.15, 0.2) is 29.1 Å². The Morgan fingerprint density at radius 2 is 1.97 bits per heavy atom. The Hall–Kier alpha value is -2.91. The van der Waals surface area contributed by atoms with Gasteiger partial charge < -0.3 is 14.7 Å². The lowest BCUT2D eigenvalue weighted by Crippen LogP contribution is -2.41. The van der Waals surface area contributed by atoms with Crippen LogP contribution in [-0.4, -0.2) is 73.9 Å². The zero-order valence-corrected chi connectivity index (χ0v) is 20.5. The average molecular weight is 467 g/mol. The van der Waals surface area contributed by atoms with Gasteiger partial charge in [-0.25, -0.2) is 4.68 Å². The van der Waals surface area contributed by atoms with Crippen LogP contribution >= 0.6 is 0 Å². The summed E-state index contributed by atoms with van der Waals surface area (Å²) in [5.41, 5.74) is 1.96. The van der Waals surface area contributed by atoms with Crippen LogP contribution in [0.4, 0.5) is 5.69 Å². The molecular formula is C25H34N6O3. The predicted molar refractivity (Wildman–Crippen MR) is 132 cm³/mol. The number of aromatic nitrogens is 4. The lowest BCUT2D eigenvalue weighted by molar-refractivity contribution is 0.0385. The minimum atomic E-state index is -0.740. The minimum Gasteiger partial charge on any atom is -0.488 e. The van der Waals surface area contributed by atoms with Crippen LogP contribution in [0.1, 0.15) is 40.0 Å². The number of rotatable bonds is 6. The number of aryl methyl sites for hydroxylation is 1. The van der Waals surface area contributed by atoms with Crippen LogP contribution in [0, 0.1) is 0 Å². The Labute approximate surface area is 199 Å². The van der Waals surface area contributed by atoms with Gasteiger partial charge in [0.15, 0.2) is 0 Å². The fourth-order valence-corrected chi connectivity index (χ4v) is 4.67. The Bertz CT molecular complexity index is 1250. The summed E-state index contributed by atoms with van der Waals surface area (Å²) in [6, 6.07) is 7.80. The van der Waals surface area contributed by atoms with Crippen molar-refractivity contribution in [2.24, 2.45) is 7.05 Å². The van der Waals surface area contributed by atoms with Crippen LogP contribution in [0.2, 0.25) is 0 Å². The van der Waals surface area contributed by atoms with E-state index in [2.05, 4.69) is 32.0 Å². The van der Waals surface area contributed by atoms with Crippen LogP contribution in [0.25, 0.3) is 22.3 Å². The molecule has 3 aromatic rings. The quantitative estimate of drug-likeness (QED) is 0.576. The number of β-amino-alcohol motifs (C(OH)–C–C–N with tert-alkyl or cyclic N) is 1. The van der Waals surface area contributed by atoms with Gasteiger partial charge in [-0.05, 0) is 64.3 Å². The number of aliphatic hydroxyl groups is 1. The molecule has 0 radical (unpaired) electrons. The second-order valence-corrected chi connectivity index (χ2v) is 10.6. The Kier molecular flexibility index (Phi) is 5.64. The summed E-state index contributed by atoms with van der Waals surface area (Å²) < 4.78 is 7.55. The molecular weight excluding hydrogens is 432 g/mol. The smallest absolute Gasteiger partial charge is 0.290 e. The zero-order valence-electron chi connectivity index (χ0n) is 20.5. The van der Waals surface area contributed by atoms with Crippen molar-refractivity contribution in [3.8, 4) is 17.1 Å². The molecule has 0 amide bonds. The molecule has 3 heterocycles. The van der Waals surface area contributed by atoms with Crippen molar-refractivity contribution >= 4 is 16.6 Å². The monoisotopic (exact) mass is 466 g/mol. The van der Waals surface area contributed by atoms with E-state index < -0.39 is 5.60 Å². The molecule has 0 atom stereocenters. The highest BCUT2D eigenvalue weighted by Gasteiger charge is 2.40. The standard InChI is InChI=1S/C25H34N6O3/c1-24(2,33)16-30-10-5-11-31(13-12-30)21-15-20(28-29(4)23(21)32)22-18-14-17(34-25(3)8-9-25)6-7-19(18)26-27-22/h6-7,14-15,33H,5,8-13,16H2,1-4H3,(H,26,27). The fraction of sp³-hybridized carbons (Fsp3) is 0.560. The maximum absolute atomic E-state index is 13.1. The number of nitrogens with zero attached hydrogens (tertiary/aromatic N) is 5. The van der Waals surface area contributed by atoms with Gasteiger partial charge in [0.25, 0.3) is 5.56 Å². The molecule has 34 heavy (non-hydrogen) atoms. The van der Waals surface area contributed by atoms with Crippen molar-refractivity contribution in [1.29, 1.82) is 0 Å². The van der Waals surface area contributed by atoms with E-state index in [1.54, 1.807) is 7.05 Å². The lowest BCUT2D eigenvalue weighted by Gasteiger charge is -2.28. The summed E-state index contributed by atoms with van der Waals surface area (Å²) in [4.78, 5) is 17.4. The van der Waals surface area contributed by atoms with Crippen molar-refractivity contribution in [2.75, 3.05) is 37.6 Å². The number of nitrogens with one attached hydrogen (secondary N) is 1. The van der Waals surface area contributed by atoms with Crippen LogP contribution in [0.5, 0.6) is 5.75 Å². The molecule has 2 N–H and O–H groups in total. The molecule has 1 aliphatic heterocycles. The summed E-state index contributed by atoms with van der Waals surface area (Å²) in [7, 11) is 1.69. The van der Waals surface area contributed by atoms with E-state index in [1.165, 1.54) is 4.68 Å². The maximum Gasteiger partial charge on any atom is 0.290 e. The molecule has 182 valence electrons. The third-order valence-corrected chi connectivity index (χ3v) is 6.68. The largest absolute Gasteiger partial charge is 0.488 e. The van der Waals surface area contributed by atoms with Gasteiger partial charge in [-0.1, -0.05) is 0 Å². The van der Waals surface area contributed by atoms with E-state index in [9.17, 15) is 9.90 Å². The first-order valence-corrected chi connectivity index (χ1v) is 12.1. The minimum absolute atomic E-state index is 0.0640. The van der Waals surface area contributed by atoms with E-state index in [1.807, 2.05) is 38.1 Å². The highest BCUT2D eigenvalue weighted by molar-refractivity contribution is 5.93. The first-order valence-electron chi connectivity index (χ1n) is 12.1. The topological polar surface area (TPSA) is 99.5 Å². The third kappa shape index (κ3) is 4.81. The normalized spacial score (nSPS) is 18.8. The van der Waals surface area contributed by atoms with E-state index in [4.69, 9.17) is 4.74 Å². The molecule has 0 bridgehead atoms. The molecule has 9 nitrogen and oxygen atoms in total. The van der Waals surface area contributed by atoms with Crippen molar-refractivity contribution in [1.82, 2.24) is 24.9 Å². The zero-order chi connectivity index (χ0) is 24.1. The number of anilines is 1. The molecule has 2 aliphatic rings. The van der Waals surface area contributed by atoms with Crippen molar-refractivity contribution in [3.05, 3.63) is 34.6 Å². The number of aromatic amines is 1. The summed E-state index contributed by atoms with van der Waals surface area (Å²) >= 11 is 0. The molecule has 2 aromatic heterocycles. The summed E-state index contributed by atoms with van der Waals surface area (Å²) in [5.74, 6) is 0.819. The number of hydrogen-bond donors (Lipinski definition) is 2. The Morgan fingerprint density at radius 1 is 1.18 bits per heavy atom. The van der Waals surface area contributed by atoms with Gasteiger partial charge in [-0.3, -0.25) is 14.8 Å². The van der Waals surface area contributed by atoms with Gasteiger partial charge in [-0.2, -0.15) is 10.2 Å². The fourth-order valence-electron chi connectivity index (χ4n) is 4.67. The Morgan fingerprint density at radius 3 is 2.71 bits per heavy atom. The number of hydrogen-bond acceptors (Lipinski definition) is 7. The van der Waals surface area contributed by atoms with Crippen molar-refractivity contribution in [3.63, 3.8) is 0 Å². The van der Waals surface area contributed by atoms with Crippen LogP contribution < -0.4 is 15.2 Å². The summed E-state index contributed by atoms with van der Waals surface area (Å²) in [6.07, 6.45) is 3.05. The van der Waals surface area contributed by atoms with E-state index in [0.717, 1.165) is 55.5 Å². The van der Waals surface area contributed by atoms with E-state index in [-0.39, 0.29) is 11.2 Å². The highest BCUT2D eigenvalue weighted by atomic mass is 16.5. The van der Waals surface area contributed by atoms with Crippen LogP contribution in [0.3, 0.4) is 0 Å². The first kappa shape index (κ1) is 22.9. The second-order valence-electron chi connectivity index (χ2n) is 10.6. The van der Waals surface area contributed by atoms with Crippen molar-refractivity contribution < 1.29 is 9.84 Å². The molecule has 1 aromatic carbocycles. The molecule has 2 fully saturated rings. The Balaban J connectivity index is 1.45. The van der Waals surface area contributed by atoms with Crippen molar-refractivity contribution in [2.45, 2.75) is 51.2 Å².